The van der Waals surface area contributed by atoms with Crippen LogP contribution in [0.1, 0.15) is 31.2 Å². The maximum absolute atomic E-state index is 12.7. The van der Waals surface area contributed by atoms with Gasteiger partial charge in [0.25, 0.3) is 0 Å². The zero-order valence-electron chi connectivity index (χ0n) is 12.4. The Balaban J connectivity index is 1.78. The van der Waals surface area contributed by atoms with Crippen molar-refractivity contribution in [2.45, 2.75) is 37.2 Å². The number of hydrogen-bond acceptors (Lipinski definition) is 3. The van der Waals surface area contributed by atoms with Gasteiger partial charge in [0, 0.05) is 13.6 Å². The van der Waals surface area contributed by atoms with Gasteiger partial charge in [-0.1, -0.05) is 24.6 Å². The molecule has 2 fully saturated rings. The van der Waals surface area contributed by atoms with E-state index in [0.29, 0.717) is 23.9 Å². The molecule has 116 valence electrons. The maximum Gasteiger partial charge on any atom is 0.243 e. The molecule has 2 bridgehead atoms. The van der Waals surface area contributed by atoms with Crippen LogP contribution in [0.15, 0.2) is 29.2 Å². The molecule has 2 aliphatic rings. The standard InChI is InChI=1S/C16H23NO3S/c1-17(10-15-9-12-6-7-13(15)8-12)21(19,20)16-5-3-2-4-14(16)11-18/h2-5,12-13,15,18H,6-11H2,1H3. The summed E-state index contributed by atoms with van der Waals surface area (Å²) < 4.78 is 26.9. The fourth-order valence-electron chi connectivity index (χ4n) is 4.08. The van der Waals surface area contributed by atoms with Crippen molar-refractivity contribution in [2.75, 3.05) is 13.6 Å². The summed E-state index contributed by atoms with van der Waals surface area (Å²) in [7, 11) is -1.85. The third-order valence-corrected chi connectivity index (χ3v) is 7.13. The minimum atomic E-state index is -3.51. The molecule has 0 aromatic heterocycles. The average Bonchev–Trinajstić information content (AvgIpc) is 3.09. The minimum Gasteiger partial charge on any atom is -0.392 e. The van der Waals surface area contributed by atoms with Crippen LogP contribution in [0.4, 0.5) is 0 Å². The van der Waals surface area contributed by atoms with E-state index in [1.807, 2.05) is 0 Å². The van der Waals surface area contributed by atoms with Crippen molar-refractivity contribution < 1.29 is 13.5 Å². The lowest BCUT2D eigenvalue weighted by Crippen LogP contribution is -2.34. The van der Waals surface area contributed by atoms with Crippen molar-refractivity contribution in [3.63, 3.8) is 0 Å². The Morgan fingerprint density at radius 2 is 2.00 bits per heavy atom. The highest BCUT2D eigenvalue weighted by Crippen LogP contribution is 2.48. The van der Waals surface area contributed by atoms with Crippen molar-refractivity contribution in [2.24, 2.45) is 17.8 Å². The van der Waals surface area contributed by atoms with Gasteiger partial charge >= 0.3 is 0 Å². The van der Waals surface area contributed by atoms with Gasteiger partial charge in [-0.25, -0.2) is 12.7 Å². The smallest absolute Gasteiger partial charge is 0.243 e. The lowest BCUT2D eigenvalue weighted by Gasteiger charge is -2.27. The summed E-state index contributed by atoms with van der Waals surface area (Å²) in [6.07, 6.45) is 5.04. The molecule has 3 atom stereocenters. The lowest BCUT2D eigenvalue weighted by molar-refractivity contribution is 0.274. The summed E-state index contributed by atoms with van der Waals surface area (Å²) in [5.41, 5.74) is 0.470. The van der Waals surface area contributed by atoms with Crippen molar-refractivity contribution >= 4 is 10.0 Å². The average molecular weight is 309 g/mol. The van der Waals surface area contributed by atoms with Gasteiger partial charge in [0.15, 0.2) is 0 Å². The Labute approximate surface area is 126 Å². The highest BCUT2D eigenvalue weighted by Gasteiger charge is 2.41. The summed E-state index contributed by atoms with van der Waals surface area (Å²) in [4.78, 5) is 0.234. The number of rotatable bonds is 5. The van der Waals surface area contributed by atoms with Crippen LogP contribution in [-0.4, -0.2) is 31.4 Å². The minimum absolute atomic E-state index is 0.234. The van der Waals surface area contributed by atoms with Crippen LogP contribution in [0.2, 0.25) is 0 Å². The van der Waals surface area contributed by atoms with Crippen LogP contribution < -0.4 is 0 Å². The Hall–Kier alpha value is -0.910. The van der Waals surface area contributed by atoms with Gasteiger partial charge in [-0.2, -0.15) is 0 Å². The fourth-order valence-corrected chi connectivity index (χ4v) is 5.52. The molecule has 2 saturated carbocycles. The number of hydrogen-bond donors (Lipinski definition) is 1. The van der Waals surface area contributed by atoms with E-state index in [9.17, 15) is 13.5 Å². The fraction of sp³-hybridized carbons (Fsp3) is 0.625. The molecule has 1 aromatic carbocycles. The zero-order chi connectivity index (χ0) is 15.0. The first-order valence-corrected chi connectivity index (χ1v) is 9.11. The van der Waals surface area contributed by atoms with Crippen LogP contribution >= 0.6 is 0 Å². The lowest BCUT2D eigenvalue weighted by atomic mass is 9.89. The molecular formula is C16H23NO3S. The Bertz CT molecular complexity index is 614. The van der Waals surface area contributed by atoms with Gasteiger partial charge in [-0.3, -0.25) is 0 Å². The Kier molecular flexibility index (Phi) is 4.08. The second kappa shape index (κ2) is 5.71. The topological polar surface area (TPSA) is 57.6 Å². The van der Waals surface area contributed by atoms with E-state index in [2.05, 4.69) is 0 Å². The van der Waals surface area contributed by atoms with E-state index in [1.54, 1.807) is 31.3 Å². The largest absolute Gasteiger partial charge is 0.392 e. The van der Waals surface area contributed by atoms with Crippen molar-refractivity contribution in [3.8, 4) is 0 Å². The molecule has 0 spiro atoms. The second-order valence-electron chi connectivity index (χ2n) is 6.49. The number of sulfonamides is 1. The SMILES string of the molecule is CN(CC1CC2CCC1C2)S(=O)(=O)c1ccccc1CO. The Morgan fingerprint density at radius 3 is 2.62 bits per heavy atom. The van der Waals surface area contributed by atoms with Gasteiger partial charge in [-0.15, -0.1) is 0 Å². The summed E-state index contributed by atoms with van der Waals surface area (Å²) in [6.45, 7) is 0.348. The normalized spacial score (nSPS) is 28.4. The molecule has 1 N–H and O–H groups in total. The van der Waals surface area contributed by atoms with Gasteiger partial charge in [0.05, 0.1) is 11.5 Å². The molecule has 2 aliphatic carbocycles. The van der Waals surface area contributed by atoms with E-state index in [4.69, 9.17) is 0 Å². The molecule has 3 unspecified atom stereocenters. The van der Waals surface area contributed by atoms with E-state index in [1.165, 1.54) is 30.0 Å². The van der Waals surface area contributed by atoms with Crippen LogP contribution in [0.3, 0.4) is 0 Å². The van der Waals surface area contributed by atoms with Gasteiger partial charge in [-0.05, 0) is 48.6 Å². The number of fused-ring (bicyclic) bond motifs is 2. The molecule has 0 aliphatic heterocycles. The first-order chi connectivity index (χ1) is 10.0. The molecule has 5 heteroatoms. The third-order valence-electron chi connectivity index (χ3n) is 5.21. The first kappa shape index (κ1) is 15.0. The quantitative estimate of drug-likeness (QED) is 0.907. The number of aliphatic hydroxyl groups excluding tert-OH is 1. The molecule has 4 nitrogen and oxygen atoms in total. The van der Waals surface area contributed by atoms with E-state index >= 15 is 0 Å². The van der Waals surface area contributed by atoms with Crippen LogP contribution in [-0.2, 0) is 16.6 Å². The van der Waals surface area contributed by atoms with Crippen molar-refractivity contribution in [3.05, 3.63) is 29.8 Å². The predicted molar refractivity (Wildman–Crippen MR) is 81.1 cm³/mol. The number of benzene rings is 1. The van der Waals surface area contributed by atoms with Crippen molar-refractivity contribution in [1.82, 2.24) is 4.31 Å². The second-order valence-corrected chi connectivity index (χ2v) is 8.50. The molecule has 0 amide bonds. The van der Waals surface area contributed by atoms with Crippen LogP contribution in [0.25, 0.3) is 0 Å². The van der Waals surface area contributed by atoms with E-state index in [0.717, 1.165) is 5.92 Å². The first-order valence-electron chi connectivity index (χ1n) is 7.67. The molecule has 1 aromatic rings. The molecule has 21 heavy (non-hydrogen) atoms. The summed E-state index contributed by atoms with van der Waals surface area (Å²) >= 11 is 0. The summed E-state index contributed by atoms with van der Waals surface area (Å²) in [5.74, 6) is 2.03. The van der Waals surface area contributed by atoms with Gasteiger partial charge in [0.2, 0.25) is 10.0 Å². The molecule has 0 heterocycles. The molecule has 0 saturated heterocycles. The maximum atomic E-state index is 12.7. The van der Waals surface area contributed by atoms with E-state index in [-0.39, 0.29) is 11.5 Å². The number of aliphatic hydroxyl groups is 1. The monoisotopic (exact) mass is 309 g/mol. The molecular weight excluding hydrogens is 286 g/mol. The van der Waals surface area contributed by atoms with Gasteiger partial charge < -0.3 is 5.11 Å². The van der Waals surface area contributed by atoms with E-state index < -0.39 is 10.0 Å². The summed E-state index contributed by atoms with van der Waals surface area (Å²) in [5, 5.41) is 9.35. The Morgan fingerprint density at radius 1 is 1.24 bits per heavy atom. The van der Waals surface area contributed by atoms with Crippen molar-refractivity contribution in [1.29, 1.82) is 0 Å². The van der Waals surface area contributed by atoms with Gasteiger partial charge in [0.1, 0.15) is 0 Å². The zero-order valence-corrected chi connectivity index (χ0v) is 13.2. The predicted octanol–water partition coefficient (Wildman–Crippen LogP) is 2.24. The molecule has 3 rings (SSSR count). The number of nitrogens with zero attached hydrogens (tertiary/aromatic N) is 1. The summed E-state index contributed by atoms with van der Waals surface area (Å²) in [6, 6.07) is 6.70. The third kappa shape index (κ3) is 2.74. The highest BCUT2D eigenvalue weighted by molar-refractivity contribution is 7.89. The van der Waals surface area contributed by atoms with Crippen LogP contribution in [0.5, 0.6) is 0 Å². The molecule has 0 radical (unpaired) electrons. The highest BCUT2D eigenvalue weighted by atomic mass is 32.2. The van der Waals surface area contributed by atoms with Crippen LogP contribution in [0, 0.1) is 17.8 Å².